The van der Waals surface area contributed by atoms with E-state index in [0.717, 1.165) is 5.69 Å². The Hall–Kier alpha value is -0.980. The van der Waals surface area contributed by atoms with E-state index in [1.165, 1.54) is 11.1 Å². The molecule has 1 heteroatoms. The van der Waals surface area contributed by atoms with E-state index in [4.69, 9.17) is 5.73 Å². The van der Waals surface area contributed by atoms with Gasteiger partial charge in [0.15, 0.2) is 0 Å². The van der Waals surface area contributed by atoms with Gasteiger partial charge in [0.1, 0.15) is 0 Å². The van der Waals surface area contributed by atoms with E-state index in [2.05, 4.69) is 39.8 Å². The summed E-state index contributed by atoms with van der Waals surface area (Å²) in [6, 6.07) is 6.25. The number of hydrogen-bond donors (Lipinski definition) is 1. The molecule has 0 aliphatic heterocycles. The molecule has 1 nitrogen and oxygen atoms in total. The van der Waals surface area contributed by atoms with Gasteiger partial charge in [0.2, 0.25) is 0 Å². The van der Waals surface area contributed by atoms with E-state index in [1.807, 2.05) is 19.9 Å². The summed E-state index contributed by atoms with van der Waals surface area (Å²) in [4.78, 5) is 0. The summed E-state index contributed by atoms with van der Waals surface area (Å²) < 4.78 is 0. The van der Waals surface area contributed by atoms with Gasteiger partial charge in [-0.1, -0.05) is 46.8 Å². The van der Waals surface area contributed by atoms with Gasteiger partial charge in [-0.25, -0.2) is 0 Å². The second-order valence-corrected chi connectivity index (χ2v) is 4.34. The Kier molecular flexibility index (Phi) is 4.69. The Morgan fingerprint density at radius 3 is 1.93 bits per heavy atom. The van der Waals surface area contributed by atoms with Crippen molar-refractivity contribution < 1.29 is 0 Å². The van der Waals surface area contributed by atoms with E-state index >= 15 is 0 Å². The molecule has 1 rings (SSSR count). The standard InChI is InChI=1S/C11H17N.C2H6/c1-8-5-6-9(10(12)7-8)11(2,3)4;1-2/h5-7H,12H2,1-4H3;1-2H3. The summed E-state index contributed by atoms with van der Waals surface area (Å²) in [5.41, 5.74) is 9.42. The average Bonchev–Trinajstić information content (AvgIpc) is 2.05. The van der Waals surface area contributed by atoms with Crippen LogP contribution in [-0.4, -0.2) is 0 Å². The third-order valence-electron chi connectivity index (χ3n) is 2.02. The van der Waals surface area contributed by atoms with Crippen molar-refractivity contribution in [2.24, 2.45) is 0 Å². The van der Waals surface area contributed by atoms with Crippen molar-refractivity contribution in [3.8, 4) is 0 Å². The monoisotopic (exact) mass is 193 g/mol. The van der Waals surface area contributed by atoms with Crippen molar-refractivity contribution in [2.75, 3.05) is 5.73 Å². The van der Waals surface area contributed by atoms with Crippen molar-refractivity contribution in [3.63, 3.8) is 0 Å². The van der Waals surface area contributed by atoms with Gasteiger partial charge in [-0.05, 0) is 29.5 Å². The number of benzene rings is 1. The molecule has 0 spiro atoms. The van der Waals surface area contributed by atoms with Crippen LogP contribution in [0.1, 0.15) is 45.7 Å². The van der Waals surface area contributed by atoms with Crippen LogP contribution in [0.5, 0.6) is 0 Å². The molecule has 0 aliphatic rings. The summed E-state index contributed by atoms with van der Waals surface area (Å²) in [7, 11) is 0. The summed E-state index contributed by atoms with van der Waals surface area (Å²) in [6.07, 6.45) is 0. The molecule has 0 bridgehead atoms. The quantitative estimate of drug-likeness (QED) is 0.621. The lowest BCUT2D eigenvalue weighted by molar-refractivity contribution is 0.592. The number of aryl methyl sites for hydroxylation is 1. The number of anilines is 1. The van der Waals surface area contributed by atoms with Crippen LogP contribution in [0, 0.1) is 6.92 Å². The van der Waals surface area contributed by atoms with E-state index in [1.54, 1.807) is 0 Å². The van der Waals surface area contributed by atoms with Crippen molar-refractivity contribution >= 4 is 5.69 Å². The zero-order valence-corrected chi connectivity index (χ0v) is 10.3. The van der Waals surface area contributed by atoms with Crippen LogP contribution in [0.3, 0.4) is 0 Å². The Morgan fingerprint density at radius 2 is 1.57 bits per heavy atom. The molecule has 14 heavy (non-hydrogen) atoms. The first-order valence-electron chi connectivity index (χ1n) is 5.28. The van der Waals surface area contributed by atoms with E-state index < -0.39 is 0 Å². The molecule has 80 valence electrons. The second-order valence-electron chi connectivity index (χ2n) is 4.34. The van der Waals surface area contributed by atoms with Gasteiger partial charge >= 0.3 is 0 Å². The minimum Gasteiger partial charge on any atom is -0.398 e. The lowest BCUT2D eigenvalue weighted by atomic mass is 9.85. The summed E-state index contributed by atoms with van der Waals surface area (Å²) in [5.74, 6) is 0. The minimum atomic E-state index is 0.151. The number of nitrogens with two attached hydrogens (primary N) is 1. The first-order chi connectivity index (χ1) is 6.41. The highest BCUT2D eigenvalue weighted by atomic mass is 14.6. The van der Waals surface area contributed by atoms with Gasteiger partial charge in [0.05, 0.1) is 0 Å². The molecule has 1 aromatic carbocycles. The van der Waals surface area contributed by atoms with Crippen molar-refractivity contribution in [2.45, 2.75) is 47.0 Å². The van der Waals surface area contributed by atoms with Gasteiger partial charge in [-0.2, -0.15) is 0 Å². The Bertz CT molecular complexity index is 282. The topological polar surface area (TPSA) is 26.0 Å². The fourth-order valence-electron chi connectivity index (χ4n) is 1.37. The smallest absolute Gasteiger partial charge is 0.0354 e. The molecule has 0 radical (unpaired) electrons. The van der Waals surface area contributed by atoms with Crippen molar-refractivity contribution in [1.29, 1.82) is 0 Å². The Labute approximate surface area is 88.3 Å². The van der Waals surface area contributed by atoms with E-state index in [9.17, 15) is 0 Å². The minimum absolute atomic E-state index is 0.151. The normalized spacial score (nSPS) is 10.4. The van der Waals surface area contributed by atoms with Crippen LogP contribution in [0.15, 0.2) is 18.2 Å². The zero-order valence-electron chi connectivity index (χ0n) is 10.3. The molecule has 0 aliphatic carbocycles. The van der Waals surface area contributed by atoms with Crippen LogP contribution < -0.4 is 5.73 Å². The Balaban J connectivity index is 0.000000791. The predicted octanol–water partition coefficient (Wildman–Crippen LogP) is 3.90. The average molecular weight is 193 g/mol. The summed E-state index contributed by atoms with van der Waals surface area (Å²) in [6.45, 7) is 12.6. The van der Waals surface area contributed by atoms with Gasteiger partial charge in [-0.3, -0.25) is 0 Å². The fourth-order valence-corrected chi connectivity index (χ4v) is 1.37. The number of hydrogen-bond acceptors (Lipinski definition) is 1. The molecule has 0 fully saturated rings. The predicted molar refractivity (Wildman–Crippen MR) is 65.6 cm³/mol. The van der Waals surface area contributed by atoms with Crippen molar-refractivity contribution in [1.82, 2.24) is 0 Å². The van der Waals surface area contributed by atoms with Crippen LogP contribution in [0.2, 0.25) is 0 Å². The van der Waals surface area contributed by atoms with E-state index in [0.29, 0.717) is 0 Å². The zero-order chi connectivity index (χ0) is 11.4. The molecular weight excluding hydrogens is 170 g/mol. The maximum atomic E-state index is 5.91. The van der Waals surface area contributed by atoms with Gasteiger partial charge in [0.25, 0.3) is 0 Å². The molecule has 1 aromatic rings. The third-order valence-corrected chi connectivity index (χ3v) is 2.02. The second kappa shape index (κ2) is 5.04. The summed E-state index contributed by atoms with van der Waals surface area (Å²) in [5, 5.41) is 0. The molecule has 0 amide bonds. The van der Waals surface area contributed by atoms with Crippen LogP contribution in [0.25, 0.3) is 0 Å². The number of nitrogen functional groups attached to an aromatic ring is 1. The molecule has 0 atom stereocenters. The molecular formula is C13H23N. The summed E-state index contributed by atoms with van der Waals surface area (Å²) >= 11 is 0. The van der Waals surface area contributed by atoms with Crippen LogP contribution in [0.4, 0.5) is 5.69 Å². The Morgan fingerprint density at radius 1 is 1.07 bits per heavy atom. The molecule has 2 N–H and O–H groups in total. The highest BCUT2D eigenvalue weighted by Gasteiger charge is 2.15. The van der Waals surface area contributed by atoms with Crippen LogP contribution >= 0.6 is 0 Å². The third kappa shape index (κ3) is 3.41. The first-order valence-corrected chi connectivity index (χ1v) is 5.28. The van der Waals surface area contributed by atoms with Gasteiger partial charge in [-0.15, -0.1) is 0 Å². The van der Waals surface area contributed by atoms with Gasteiger partial charge < -0.3 is 5.73 Å². The number of rotatable bonds is 0. The fraction of sp³-hybridized carbons (Fsp3) is 0.538. The molecule has 0 aromatic heterocycles. The first kappa shape index (κ1) is 13.0. The highest BCUT2D eigenvalue weighted by Crippen LogP contribution is 2.27. The maximum Gasteiger partial charge on any atom is 0.0354 e. The van der Waals surface area contributed by atoms with E-state index in [-0.39, 0.29) is 5.41 Å². The molecule has 0 saturated carbocycles. The lowest BCUT2D eigenvalue weighted by Gasteiger charge is -2.21. The van der Waals surface area contributed by atoms with Gasteiger partial charge in [0, 0.05) is 5.69 Å². The largest absolute Gasteiger partial charge is 0.398 e. The molecule has 0 unspecified atom stereocenters. The maximum absolute atomic E-state index is 5.91. The lowest BCUT2D eigenvalue weighted by Crippen LogP contribution is -2.13. The highest BCUT2D eigenvalue weighted by molar-refractivity contribution is 5.51. The molecule has 0 saturated heterocycles. The molecule has 0 heterocycles. The van der Waals surface area contributed by atoms with Crippen LogP contribution in [-0.2, 0) is 5.41 Å². The van der Waals surface area contributed by atoms with Crippen molar-refractivity contribution in [3.05, 3.63) is 29.3 Å². The SMILES string of the molecule is CC.Cc1ccc(C(C)(C)C)c(N)c1.